The van der Waals surface area contributed by atoms with E-state index in [9.17, 15) is 5.11 Å². The monoisotopic (exact) mass is 343 g/mol. The lowest BCUT2D eigenvalue weighted by atomic mass is 9.78. The smallest absolute Gasteiger partial charge is 0.0734 e. The summed E-state index contributed by atoms with van der Waals surface area (Å²) >= 11 is 12.2. The van der Waals surface area contributed by atoms with E-state index in [2.05, 4.69) is 4.90 Å². The van der Waals surface area contributed by atoms with E-state index in [1.807, 2.05) is 19.1 Å². The molecule has 1 N–H and O–H groups in total. The first-order chi connectivity index (χ1) is 10.4. The van der Waals surface area contributed by atoms with Crippen LogP contribution in [0.1, 0.15) is 38.2 Å². The highest BCUT2D eigenvalue weighted by Crippen LogP contribution is 2.39. The van der Waals surface area contributed by atoms with E-state index < -0.39 is 5.60 Å². The Labute approximate surface area is 142 Å². The molecule has 3 rings (SSSR count). The Morgan fingerprint density at radius 2 is 1.95 bits per heavy atom. The maximum atomic E-state index is 10.3. The molecule has 1 unspecified atom stereocenters. The first-order valence-electron chi connectivity index (χ1n) is 7.90. The van der Waals surface area contributed by atoms with Crippen LogP contribution in [-0.2, 0) is 11.3 Å². The van der Waals surface area contributed by atoms with Crippen LogP contribution < -0.4 is 0 Å². The molecule has 3 nitrogen and oxygen atoms in total. The lowest BCUT2D eigenvalue weighted by Gasteiger charge is -2.48. The number of aliphatic hydroxyl groups is 1. The van der Waals surface area contributed by atoms with Gasteiger partial charge in [-0.3, -0.25) is 4.90 Å². The Morgan fingerprint density at radius 1 is 1.23 bits per heavy atom. The second-order valence-electron chi connectivity index (χ2n) is 6.97. The van der Waals surface area contributed by atoms with Crippen LogP contribution in [0.3, 0.4) is 0 Å². The summed E-state index contributed by atoms with van der Waals surface area (Å²) in [4.78, 5) is 2.40. The topological polar surface area (TPSA) is 32.7 Å². The molecule has 0 amide bonds. The Bertz CT molecular complexity index is 539. The average molecular weight is 344 g/mol. The number of ether oxygens (including phenoxy) is 1. The Morgan fingerprint density at radius 3 is 2.59 bits per heavy atom. The maximum absolute atomic E-state index is 10.3. The van der Waals surface area contributed by atoms with Crippen LogP contribution in [0.2, 0.25) is 10.0 Å². The minimum absolute atomic E-state index is 0.137. The molecule has 22 heavy (non-hydrogen) atoms. The molecule has 1 spiro atoms. The highest BCUT2D eigenvalue weighted by Gasteiger charge is 2.44. The standard InChI is InChI=1S/C17H23Cl2NO2/c1-16(21)6-9-22-17(12-16)4-7-20(8-5-17)11-13-2-3-14(18)10-15(13)19/h2-3,10,21H,4-9,11-12H2,1H3. The molecule has 122 valence electrons. The molecule has 1 aromatic carbocycles. The summed E-state index contributed by atoms with van der Waals surface area (Å²) in [5.74, 6) is 0. The largest absolute Gasteiger partial charge is 0.390 e. The van der Waals surface area contributed by atoms with E-state index >= 15 is 0 Å². The van der Waals surface area contributed by atoms with E-state index in [1.54, 1.807) is 6.07 Å². The highest BCUT2D eigenvalue weighted by atomic mass is 35.5. The van der Waals surface area contributed by atoms with Gasteiger partial charge in [0.15, 0.2) is 0 Å². The van der Waals surface area contributed by atoms with Gasteiger partial charge in [-0.2, -0.15) is 0 Å². The van der Waals surface area contributed by atoms with Crippen molar-refractivity contribution < 1.29 is 9.84 Å². The fraction of sp³-hybridized carbons (Fsp3) is 0.647. The Kier molecular flexibility index (Phi) is 4.73. The van der Waals surface area contributed by atoms with E-state index in [0.717, 1.165) is 55.9 Å². The minimum Gasteiger partial charge on any atom is -0.390 e. The minimum atomic E-state index is -0.583. The number of halogens is 2. The van der Waals surface area contributed by atoms with Gasteiger partial charge >= 0.3 is 0 Å². The lowest BCUT2D eigenvalue weighted by molar-refractivity contribution is -0.173. The van der Waals surface area contributed by atoms with E-state index in [-0.39, 0.29) is 5.60 Å². The third kappa shape index (κ3) is 3.77. The summed E-state index contributed by atoms with van der Waals surface area (Å²) in [6.07, 6.45) is 3.41. The number of rotatable bonds is 2. The first kappa shape index (κ1) is 16.5. The van der Waals surface area contributed by atoms with Gasteiger partial charge in [0, 0.05) is 36.1 Å². The number of nitrogens with zero attached hydrogens (tertiary/aromatic N) is 1. The van der Waals surface area contributed by atoms with E-state index in [4.69, 9.17) is 27.9 Å². The molecular weight excluding hydrogens is 321 g/mol. The molecule has 0 radical (unpaired) electrons. The molecule has 2 fully saturated rings. The van der Waals surface area contributed by atoms with Gasteiger partial charge < -0.3 is 9.84 Å². The molecule has 2 aliphatic heterocycles. The van der Waals surface area contributed by atoms with Crippen LogP contribution >= 0.6 is 23.2 Å². The van der Waals surface area contributed by atoms with Gasteiger partial charge in [-0.25, -0.2) is 0 Å². The summed E-state index contributed by atoms with van der Waals surface area (Å²) in [7, 11) is 0. The van der Waals surface area contributed by atoms with E-state index in [1.165, 1.54) is 0 Å². The fourth-order valence-corrected chi connectivity index (χ4v) is 4.12. The zero-order valence-corrected chi connectivity index (χ0v) is 14.5. The van der Waals surface area contributed by atoms with Gasteiger partial charge in [0.25, 0.3) is 0 Å². The molecule has 2 heterocycles. The van der Waals surface area contributed by atoms with Crippen LogP contribution in [-0.4, -0.2) is 40.9 Å². The van der Waals surface area contributed by atoms with Crippen molar-refractivity contribution in [2.75, 3.05) is 19.7 Å². The van der Waals surface area contributed by atoms with Gasteiger partial charge in [-0.05, 0) is 43.9 Å². The van der Waals surface area contributed by atoms with Crippen LogP contribution in [0.15, 0.2) is 18.2 Å². The van der Waals surface area contributed by atoms with Crippen molar-refractivity contribution in [2.24, 2.45) is 0 Å². The van der Waals surface area contributed by atoms with Crippen LogP contribution in [0.5, 0.6) is 0 Å². The first-order valence-corrected chi connectivity index (χ1v) is 8.66. The number of benzene rings is 1. The summed E-state index contributed by atoms with van der Waals surface area (Å²) in [5.41, 5.74) is 0.390. The molecular formula is C17H23Cl2NO2. The van der Waals surface area contributed by atoms with Gasteiger partial charge in [0.05, 0.1) is 17.8 Å². The van der Waals surface area contributed by atoms with Gasteiger partial charge in [-0.15, -0.1) is 0 Å². The number of piperidine rings is 1. The summed E-state index contributed by atoms with van der Waals surface area (Å²) in [5, 5.41) is 11.7. The van der Waals surface area contributed by atoms with Gasteiger partial charge in [0.2, 0.25) is 0 Å². The quantitative estimate of drug-likeness (QED) is 0.884. The average Bonchev–Trinajstić information content (AvgIpc) is 2.43. The molecule has 0 bridgehead atoms. The normalized spacial score (nSPS) is 28.9. The van der Waals surface area contributed by atoms with Crippen LogP contribution in [0, 0.1) is 0 Å². The number of likely N-dealkylation sites (tertiary alicyclic amines) is 1. The third-order valence-corrected chi connectivity index (χ3v) is 5.52. The Hall–Kier alpha value is -0.320. The zero-order valence-electron chi connectivity index (χ0n) is 12.9. The van der Waals surface area contributed by atoms with Crippen molar-refractivity contribution in [3.63, 3.8) is 0 Å². The molecule has 0 aliphatic carbocycles. The SMILES string of the molecule is CC1(O)CCOC2(CCN(Cc3ccc(Cl)cc3Cl)CC2)C1. The van der Waals surface area contributed by atoms with E-state index in [0.29, 0.717) is 11.6 Å². The summed E-state index contributed by atoms with van der Waals surface area (Å²) in [6.45, 7) is 5.36. The maximum Gasteiger partial charge on any atom is 0.0734 e. The molecule has 1 aromatic rings. The van der Waals surface area contributed by atoms with Gasteiger partial charge in [-0.1, -0.05) is 29.3 Å². The van der Waals surface area contributed by atoms with Crippen molar-refractivity contribution in [3.05, 3.63) is 33.8 Å². The molecule has 2 aliphatic rings. The van der Waals surface area contributed by atoms with Crippen molar-refractivity contribution in [1.82, 2.24) is 4.90 Å². The predicted molar refractivity (Wildman–Crippen MR) is 89.5 cm³/mol. The summed E-state index contributed by atoms with van der Waals surface area (Å²) in [6, 6.07) is 5.68. The zero-order chi connectivity index (χ0) is 15.8. The van der Waals surface area contributed by atoms with Crippen molar-refractivity contribution in [2.45, 2.75) is 50.4 Å². The number of hydrogen-bond acceptors (Lipinski definition) is 3. The van der Waals surface area contributed by atoms with Crippen molar-refractivity contribution in [1.29, 1.82) is 0 Å². The van der Waals surface area contributed by atoms with Gasteiger partial charge in [0.1, 0.15) is 0 Å². The second kappa shape index (κ2) is 6.29. The molecule has 0 saturated carbocycles. The van der Waals surface area contributed by atoms with Crippen LogP contribution in [0.25, 0.3) is 0 Å². The molecule has 2 saturated heterocycles. The Balaban J connectivity index is 1.60. The fourth-order valence-electron chi connectivity index (χ4n) is 3.65. The molecule has 1 atom stereocenters. The lowest BCUT2D eigenvalue weighted by Crippen LogP contribution is -2.53. The third-order valence-electron chi connectivity index (χ3n) is 4.93. The van der Waals surface area contributed by atoms with Crippen molar-refractivity contribution in [3.8, 4) is 0 Å². The molecule has 0 aromatic heterocycles. The predicted octanol–water partition coefficient (Wildman–Crippen LogP) is 3.89. The highest BCUT2D eigenvalue weighted by molar-refractivity contribution is 6.35. The second-order valence-corrected chi connectivity index (χ2v) is 7.81. The number of hydrogen-bond donors (Lipinski definition) is 1. The van der Waals surface area contributed by atoms with Crippen LogP contribution in [0.4, 0.5) is 0 Å². The van der Waals surface area contributed by atoms with Crippen molar-refractivity contribution >= 4 is 23.2 Å². The summed E-state index contributed by atoms with van der Waals surface area (Å²) < 4.78 is 6.05. The molecule has 5 heteroatoms.